The fourth-order valence-electron chi connectivity index (χ4n) is 4.05. The minimum atomic E-state index is -0.665. The van der Waals surface area contributed by atoms with Crippen LogP contribution in [0.3, 0.4) is 0 Å². The molecule has 5 nitrogen and oxygen atoms in total. The Labute approximate surface area is 198 Å². The maximum absolute atomic E-state index is 14.7. The van der Waals surface area contributed by atoms with Gasteiger partial charge in [-0.25, -0.2) is 9.18 Å². The van der Waals surface area contributed by atoms with E-state index in [1.54, 1.807) is 57.5 Å². The van der Waals surface area contributed by atoms with Crippen LogP contribution in [0.25, 0.3) is 10.9 Å². The molecule has 1 aromatic heterocycles. The average molecular weight is 472 g/mol. The fraction of sp³-hybridized carbons (Fsp3) is 0.385. The van der Waals surface area contributed by atoms with Crippen molar-refractivity contribution < 1.29 is 18.7 Å². The van der Waals surface area contributed by atoms with E-state index < -0.39 is 11.4 Å². The molecule has 0 aliphatic carbocycles. The first-order chi connectivity index (χ1) is 15.7. The smallest absolute Gasteiger partial charge is 0.343 e. The van der Waals surface area contributed by atoms with Crippen molar-refractivity contribution in [1.29, 1.82) is 0 Å². The predicted octanol–water partition coefficient (Wildman–Crippen LogP) is 5.35. The van der Waals surface area contributed by atoms with E-state index in [9.17, 15) is 14.0 Å². The van der Waals surface area contributed by atoms with Crippen LogP contribution >= 0.6 is 12.6 Å². The minimum absolute atomic E-state index is 0.0327. The van der Waals surface area contributed by atoms with Crippen molar-refractivity contribution in [2.24, 2.45) is 5.92 Å². The van der Waals surface area contributed by atoms with E-state index in [0.29, 0.717) is 39.1 Å². The number of methoxy groups -OCH3 is 1. The summed E-state index contributed by atoms with van der Waals surface area (Å²) in [6.07, 6.45) is 1.80. The van der Waals surface area contributed by atoms with Crippen molar-refractivity contribution in [3.8, 4) is 5.75 Å². The lowest BCUT2D eigenvalue weighted by Crippen LogP contribution is -2.25. The number of hydrogen-bond acceptors (Lipinski definition) is 5. The molecule has 3 aromatic rings. The molecule has 0 saturated carbocycles. The van der Waals surface area contributed by atoms with Gasteiger partial charge in [-0.2, -0.15) is 12.6 Å². The SMILES string of the molecule is CCOC(=O)c1cn([C@H](CS)C(C)C)c2cc(OC)c(Cc3cccc(C)c3F)cc2c1=O. The van der Waals surface area contributed by atoms with Crippen molar-refractivity contribution in [3.05, 3.63) is 74.8 Å². The number of esters is 1. The highest BCUT2D eigenvalue weighted by Crippen LogP contribution is 2.31. The van der Waals surface area contributed by atoms with Gasteiger partial charge in [0.05, 0.1) is 19.2 Å². The summed E-state index contributed by atoms with van der Waals surface area (Å²) in [5.41, 5.74) is 1.89. The lowest BCUT2D eigenvalue weighted by Gasteiger charge is -2.26. The number of thiol groups is 1. The Morgan fingerprint density at radius 3 is 2.55 bits per heavy atom. The van der Waals surface area contributed by atoms with Gasteiger partial charge in [0.1, 0.15) is 17.1 Å². The number of benzene rings is 2. The van der Waals surface area contributed by atoms with Crippen molar-refractivity contribution in [1.82, 2.24) is 4.57 Å². The van der Waals surface area contributed by atoms with Gasteiger partial charge in [0.15, 0.2) is 0 Å². The number of fused-ring (bicyclic) bond motifs is 1. The number of halogens is 1. The van der Waals surface area contributed by atoms with Crippen LogP contribution in [0.5, 0.6) is 5.75 Å². The number of rotatable bonds is 8. The summed E-state index contributed by atoms with van der Waals surface area (Å²) >= 11 is 4.51. The van der Waals surface area contributed by atoms with E-state index in [4.69, 9.17) is 9.47 Å². The zero-order chi connectivity index (χ0) is 24.3. The standard InChI is InChI=1S/C26H30FNO4S/c1-6-32-26(30)20-13-28(22(14-33)15(2)3)21-12-23(31-5)18(11-19(21)25(20)29)10-17-9-7-8-16(4)24(17)27/h7-9,11-13,15,22,33H,6,10,14H2,1-5H3/t22-/m1/s1. The van der Waals surface area contributed by atoms with Crippen LogP contribution in [0.15, 0.2) is 41.3 Å². The van der Waals surface area contributed by atoms with Gasteiger partial charge in [-0.3, -0.25) is 4.79 Å². The van der Waals surface area contributed by atoms with Crippen LogP contribution in [0, 0.1) is 18.7 Å². The third kappa shape index (κ3) is 4.93. The van der Waals surface area contributed by atoms with Crippen LogP contribution in [0.4, 0.5) is 4.39 Å². The summed E-state index contributed by atoms with van der Waals surface area (Å²) < 4.78 is 27.4. The molecule has 0 bridgehead atoms. The van der Waals surface area contributed by atoms with Gasteiger partial charge in [-0.15, -0.1) is 0 Å². The molecule has 0 spiro atoms. The monoisotopic (exact) mass is 471 g/mol. The number of hydrogen-bond donors (Lipinski definition) is 1. The normalized spacial score (nSPS) is 12.2. The topological polar surface area (TPSA) is 57.5 Å². The van der Waals surface area contributed by atoms with E-state index in [1.165, 1.54) is 0 Å². The second-order valence-electron chi connectivity index (χ2n) is 8.40. The summed E-state index contributed by atoms with van der Waals surface area (Å²) in [7, 11) is 1.55. The van der Waals surface area contributed by atoms with Crippen LogP contribution in [0.2, 0.25) is 0 Å². The van der Waals surface area contributed by atoms with E-state index in [-0.39, 0.29) is 36.4 Å². The van der Waals surface area contributed by atoms with Gasteiger partial charge in [-0.1, -0.05) is 32.0 Å². The molecule has 1 atom stereocenters. The lowest BCUT2D eigenvalue weighted by molar-refractivity contribution is 0.0524. The van der Waals surface area contributed by atoms with Crippen LogP contribution in [-0.2, 0) is 11.2 Å². The second-order valence-corrected chi connectivity index (χ2v) is 8.76. The molecule has 0 N–H and O–H groups in total. The molecular weight excluding hydrogens is 441 g/mol. The third-order valence-electron chi connectivity index (χ3n) is 5.90. The van der Waals surface area contributed by atoms with Gasteiger partial charge in [0.2, 0.25) is 5.43 Å². The van der Waals surface area contributed by atoms with Gasteiger partial charge < -0.3 is 14.0 Å². The molecule has 0 aliphatic rings. The van der Waals surface area contributed by atoms with Crippen LogP contribution in [0.1, 0.15) is 53.9 Å². The van der Waals surface area contributed by atoms with Crippen molar-refractivity contribution in [3.63, 3.8) is 0 Å². The molecule has 0 fully saturated rings. The van der Waals surface area contributed by atoms with Gasteiger partial charge in [0, 0.05) is 35.9 Å². The lowest BCUT2D eigenvalue weighted by atomic mass is 9.98. The molecule has 0 saturated heterocycles. The summed E-state index contributed by atoms with van der Waals surface area (Å²) in [5.74, 6) is 0.294. The number of nitrogens with zero attached hydrogens (tertiary/aromatic N) is 1. The number of pyridine rings is 1. The Hall–Kier alpha value is -2.80. The van der Waals surface area contributed by atoms with Gasteiger partial charge >= 0.3 is 5.97 Å². The van der Waals surface area contributed by atoms with Crippen LogP contribution in [-0.4, -0.2) is 30.0 Å². The Bertz CT molecular complexity index is 1240. The summed E-state index contributed by atoms with van der Waals surface area (Å²) in [6, 6.07) is 8.64. The molecule has 0 unspecified atom stereocenters. The van der Waals surface area contributed by atoms with Crippen molar-refractivity contribution >= 4 is 29.5 Å². The largest absolute Gasteiger partial charge is 0.496 e. The van der Waals surface area contributed by atoms with Crippen LogP contribution < -0.4 is 10.2 Å². The molecule has 1 heterocycles. The molecule has 0 amide bonds. The number of aromatic nitrogens is 1. The molecule has 7 heteroatoms. The molecule has 176 valence electrons. The minimum Gasteiger partial charge on any atom is -0.496 e. The van der Waals surface area contributed by atoms with E-state index in [1.807, 2.05) is 4.57 Å². The first-order valence-electron chi connectivity index (χ1n) is 11.0. The summed E-state index contributed by atoms with van der Waals surface area (Å²) in [5, 5.41) is 0.358. The van der Waals surface area contributed by atoms with Gasteiger partial charge in [-0.05, 0) is 42.5 Å². The number of ether oxygens (including phenoxy) is 2. The Morgan fingerprint density at radius 2 is 1.94 bits per heavy atom. The molecule has 2 aromatic carbocycles. The molecule has 33 heavy (non-hydrogen) atoms. The first kappa shape index (κ1) is 24.8. The number of carbonyl (C=O) groups excluding carboxylic acids is 1. The fourth-order valence-corrected chi connectivity index (χ4v) is 4.65. The maximum Gasteiger partial charge on any atom is 0.343 e. The number of carbonyl (C=O) groups is 1. The van der Waals surface area contributed by atoms with E-state index in [2.05, 4.69) is 26.5 Å². The zero-order valence-corrected chi connectivity index (χ0v) is 20.5. The van der Waals surface area contributed by atoms with Crippen molar-refractivity contribution in [2.45, 2.75) is 40.2 Å². The van der Waals surface area contributed by atoms with E-state index >= 15 is 0 Å². The number of aryl methyl sites for hydroxylation is 1. The maximum atomic E-state index is 14.7. The summed E-state index contributed by atoms with van der Waals surface area (Å²) in [4.78, 5) is 25.9. The quantitative estimate of drug-likeness (QED) is 0.355. The molecule has 3 rings (SSSR count). The molecule has 0 aliphatic heterocycles. The Kier molecular flexibility index (Phi) is 7.84. The van der Waals surface area contributed by atoms with Crippen molar-refractivity contribution in [2.75, 3.05) is 19.5 Å². The molecular formula is C26H30FNO4S. The Balaban J connectivity index is 2.32. The highest BCUT2D eigenvalue weighted by molar-refractivity contribution is 7.80. The highest BCUT2D eigenvalue weighted by atomic mass is 32.1. The summed E-state index contributed by atoms with van der Waals surface area (Å²) in [6.45, 7) is 7.69. The third-order valence-corrected chi connectivity index (χ3v) is 6.27. The van der Waals surface area contributed by atoms with Gasteiger partial charge in [0.25, 0.3) is 0 Å². The zero-order valence-electron chi connectivity index (χ0n) is 19.6. The average Bonchev–Trinajstić information content (AvgIpc) is 2.78. The van der Waals surface area contributed by atoms with E-state index in [0.717, 1.165) is 0 Å². The highest BCUT2D eigenvalue weighted by Gasteiger charge is 2.23. The Morgan fingerprint density at radius 1 is 1.21 bits per heavy atom. The first-order valence-corrected chi connectivity index (χ1v) is 11.6. The molecule has 0 radical (unpaired) electrons. The predicted molar refractivity (Wildman–Crippen MR) is 132 cm³/mol. The second kappa shape index (κ2) is 10.4.